The van der Waals surface area contributed by atoms with Crippen LogP contribution in [0.2, 0.25) is 0 Å². The average Bonchev–Trinajstić information content (AvgIpc) is 2.70. The molecular weight excluding hydrogens is 352 g/mol. The third kappa shape index (κ3) is 6.14. The molecule has 0 spiro atoms. The first-order valence-corrected chi connectivity index (χ1v) is 9.36. The predicted molar refractivity (Wildman–Crippen MR) is 99.8 cm³/mol. The SMILES string of the molecule is CCCCOC1OC(COCc2ccc(OC)cc2)C(O)C(OC)C1OC. The normalized spacial score (nSPS) is 28.3. The zero-order valence-electron chi connectivity index (χ0n) is 16.6. The van der Waals surface area contributed by atoms with E-state index in [2.05, 4.69) is 6.92 Å². The minimum absolute atomic E-state index is 0.219. The van der Waals surface area contributed by atoms with E-state index in [9.17, 15) is 5.11 Å². The Balaban J connectivity index is 1.92. The third-order valence-corrected chi connectivity index (χ3v) is 4.65. The van der Waals surface area contributed by atoms with Crippen LogP contribution in [0, 0.1) is 0 Å². The zero-order valence-corrected chi connectivity index (χ0v) is 16.6. The smallest absolute Gasteiger partial charge is 0.186 e. The van der Waals surface area contributed by atoms with Gasteiger partial charge in [0.2, 0.25) is 0 Å². The highest BCUT2D eigenvalue weighted by atomic mass is 16.7. The lowest BCUT2D eigenvalue weighted by molar-refractivity contribution is -0.311. The molecule has 1 aliphatic rings. The molecule has 7 heteroatoms. The highest BCUT2D eigenvalue weighted by Gasteiger charge is 2.46. The highest BCUT2D eigenvalue weighted by Crippen LogP contribution is 2.26. The second-order valence-corrected chi connectivity index (χ2v) is 6.52. The van der Waals surface area contributed by atoms with Gasteiger partial charge in [-0.1, -0.05) is 25.5 Å². The second kappa shape index (κ2) is 11.6. The maximum Gasteiger partial charge on any atom is 0.186 e. The van der Waals surface area contributed by atoms with Crippen LogP contribution >= 0.6 is 0 Å². The fourth-order valence-corrected chi connectivity index (χ4v) is 3.04. The van der Waals surface area contributed by atoms with Gasteiger partial charge in [0.15, 0.2) is 6.29 Å². The summed E-state index contributed by atoms with van der Waals surface area (Å²) >= 11 is 0. The van der Waals surface area contributed by atoms with E-state index in [1.807, 2.05) is 24.3 Å². The summed E-state index contributed by atoms with van der Waals surface area (Å²) in [5, 5.41) is 10.6. The predicted octanol–water partition coefficient (Wildman–Crippen LogP) is 2.14. The van der Waals surface area contributed by atoms with Crippen LogP contribution < -0.4 is 4.74 Å². The Bertz CT molecular complexity index is 522. The van der Waals surface area contributed by atoms with E-state index in [0.717, 1.165) is 24.2 Å². The number of methoxy groups -OCH3 is 3. The number of rotatable bonds is 11. The van der Waals surface area contributed by atoms with Gasteiger partial charge in [-0.15, -0.1) is 0 Å². The van der Waals surface area contributed by atoms with Crippen LogP contribution in [0.5, 0.6) is 5.75 Å². The summed E-state index contributed by atoms with van der Waals surface area (Å²) in [6.45, 7) is 3.28. The lowest BCUT2D eigenvalue weighted by Gasteiger charge is -2.43. The molecule has 1 heterocycles. The van der Waals surface area contributed by atoms with Gasteiger partial charge < -0.3 is 33.5 Å². The molecule has 1 aliphatic heterocycles. The molecule has 0 aromatic heterocycles. The van der Waals surface area contributed by atoms with Crippen LogP contribution in [0.15, 0.2) is 24.3 Å². The summed E-state index contributed by atoms with van der Waals surface area (Å²) < 4.78 is 33.6. The van der Waals surface area contributed by atoms with Crippen LogP contribution in [-0.4, -0.2) is 70.4 Å². The van der Waals surface area contributed by atoms with E-state index in [1.54, 1.807) is 21.3 Å². The van der Waals surface area contributed by atoms with Gasteiger partial charge in [-0.2, -0.15) is 0 Å². The van der Waals surface area contributed by atoms with Crippen molar-refractivity contribution in [3.8, 4) is 5.75 Å². The van der Waals surface area contributed by atoms with Crippen molar-refractivity contribution in [1.29, 1.82) is 0 Å². The van der Waals surface area contributed by atoms with Gasteiger partial charge in [-0.05, 0) is 24.1 Å². The monoisotopic (exact) mass is 384 g/mol. The Hall–Kier alpha value is -1.22. The van der Waals surface area contributed by atoms with Crippen molar-refractivity contribution in [3.63, 3.8) is 0 Å². The summed E-state index contributed by atoms with van der Waals surface area (Å²) in [6, 6.07) is 7.64. The van der Waals surface area contributed by atoms with E-state index in [0.29, 0.717) is 13.2 Å². The average molecular weight is 384 g/mol. The first-order chi connectivity index (χ1) is 13.1. The van der Waals surface area contributed by atoms with Gasteiger partial charge in [0.05, 0.1) is 20.3 Å². The Morgan fingerprint density at radius 1 is 1.04 bits per heavy atom. The summed E-state index contributed by atoms with van der Waals surface area (Å²) in [4.78, 5) is 0. The standard InChI is InChI=1S/C20H32O7/c1-5-6-11-26-20-19(24-4)18(23-3)17(21)16(27-20)13-25-12-14-7-9-15(22-2)10-8-14/h7-10,16-21H,5-6,11-13H2,1-4H3. The van der Waals surface area contributed by atoms with Gasteiger partial charge >= 0.3 is 0 Å². The lowest BCUT2D eigenvalue weighted by Crippen LogP contribution is -2.60. The Labute approximate surface area is 161 Å². The zero-order chi connectivity index (χ0) is 19.6. The van der Waals surface area contributed by atoms with Gasteiger partial charge in [-0.3, -0.25) is 0 Å². The molecule has 5 atom stereocenters. The minimum atomic E-state index is -0.873. The van der Waals surface area contributed by atoms with E-state index < -0.39 is 30.7 Å². The number of ether oxygens (including phenoxy) is 6. The van der Waals surface area contributed by atoms with Crippen LogP contribution in [0.3, 0.4) is 0 Å². The molecule has 0 bridgehead atoms. The quantitative estimate of drug-likeness (QED) is 0.586. The van der Waals surface area contributed by atoms with Crippen molar-refractivity contribution in [3.05, 3.63) is 29.8 Å². The molecule has 1 N–H and O–H groups in total. The number of hydrogen-bond donors (Lipinski definition) is 1. The van der Waals surface area contributed by atoms with Crippen LogP contribution in [0.25, 0.3) is 0 Å². The maximum absolute atomic E-state index is 10.6. The molecule has 0 radical (unpaired) electrons. The van der Waals surface area contributed by atoms with Crippen LogP contribution in [-0.2, 0) is 30.3 Å². The topological polar surface area (TPSA) is 75.6 Å². The van der Waals surface area contributed by atoms with Crippen molar-refractivity contribution in [2.75, 3.05) is 34.5 Å². The molecule has 0 saturated carbocycles. The fraction of sp³-hybridized carbons (Fsp3) is 0.700. The molecule has 1 saturated heterocycles. The molecule has 27 heavy (non-hydrogen) atoms. The second-order valence-electron chi connectivity index (χ2n) is 6.52. The molecule has 1 fully saturated rings. The van der Waals surface area contributed by atoms with Crippen molar-refractivity contribution in [2.24, 2.45) is 0 Å². The largest absolute Gasteiger partial charge is 0.497 e. The molecule has 0 aliphatic carbocycles. The first kappa shape index (κ1) is 22.1. The van der Waals surface area contributed by atoms with E-state index in [1.165, 1.54) is 0 Å². The minimum Gasteiger partial charge on any atom is -0.497 e. The molecule has 5 unspecified atom stereocenters. The van der Waals surface area contributed by atoms with E-state index >= 15 is 0 Å². The van der Waals surface area contributed by atoms with Crippen molar-refractivity contribution >= 4 is 0 Å². The number of aliphatic hydroxyl groups excluding tert-OH is 1. The van der Waals surface area contributed by atoms with E-state index in [-0.39, 0.29) is 6.61 Å². The Morgan fingerprint density at radius 3 is 2.33 bits per heavy atom. The van der Waals surface area contributed by atoms with Crippen LogP contribution in [0.4, 0.5) is 0 Å². The summed E-state index contributed by atoms with van der Waals surface area (Å²) in [7, 11) is 4.73. The first-order valence-electron chi connectivity index (χ1n) is 9.36. The number of benzene rings is 1. The molecule has 1 aromatic carbocycles. The van der Waals surface area contributed by atoms with Crippen molar-refractivity contribution in [1.82, 2.24) is 0 Å². The van der Waals surface area contributed by atoms with Gasteiger partial charge in [0.1, 0.15) is 30.2 Å². The van der Waals surface area contributed by atoms with Gasteiger partial charge in [0.25, 0.3) is 0 Å². The molecule has 0 amide bonds. The van der Waals surface area contributed by atoms with Crippen molar-refractivity contribution in [2.45, 2.75) is 57.1 Å². The van der Waals surface area contributed by atoms with Gasteiger partial charge in [-0.25, -0.2) is 0 Å². The molecular formula is C20H32O7. The van der Waals surface area contributed by atoms with Crippen molar-refractivity contribution < 1.29 is 33.5 Å². The number of unbranched alkanes of at least 4 members (excludes halogenated alkanes) is 1. The third-order valence-electron chi connectivity index (χ3n) is 4.65. The Kier molecular flexibility index (Phi) is 9.47. The molecule has 7 nitrogen and oxygen atoms in total. The summed E-state index contributed by atoms with van der Waals surface area (Å²) in [5.74, 6) is 0.797. The fourth-order valence-electron chi connectivity index (χ4n) is 3.04. The summed E-state index contributed by atoms with van der Waals surface area (Å²) in [5.41, 5.74) is 1.01. The molecule has 1 aromatic rings. The molecule has 154 valence electrons. The molecule has 2 rings (SSSR count). The number of hydrogen-bond acceptors (Lipinski definition) is 7. The summed E-state index contributed by atoms with van der Waals surface area (Å²) in [6.07, 6.45) is -1.15. The van der Waals surface area contributed by atoms with E-state index in [4.69, 9.17) is 28.4 Å². The lowest BCUT2D eigenvalue weighted by atomic mass is 9.99. The van der Waals surface area contributed by atoms with Gasteiger partial charge in [0, 0.05) is 20.8 Å². The highest BCUT2D eigenvalue weighted by molar-refractivity contribution is 5.26. The maximum atomic E-state index is 10.6. The Morgan fingerprint density at radius 2 is 1.74 bits per heavy atom. The van der Waals surface area contributed by atoms with Crippen LogP contribution in [0.1, 0.15) is 25.3 Å². The number of aliphatic hydroxyl groups is 1.